The molecule has 1 amide bonds. The van der Waals surface area contributed by atoms with E-state index in [-0.39, 0.29) is 0 Å². The van der Waals surface area contributed by atoms with E-state index < -0.39 is 11.7 Å². The molecular weight excluding hydrogens is 392 g/mol. The average Bonchev–Trinajstić information content (AvgIpc) is 2.69. The van der Waals surface area contributed by atoms with E-state index in [1.54, 1.807) is 45.5 Å². The number of nitrogens with zero attached hydrogens (tertiary/aromatic N) is 2. The van der Waals surface area contributed by atoms with Crippen LogP contribution in [0.2, 0.25) is 0 Å². The van der Waals surface area contributed by atoms with Gasteiger partial charge >= 0.3 is 11.7 Å². The van der Waals surface area contributed by atoms with E-state index in [2.05, 4.69) is 14.4 Å². The Hall–Kier alpha value is -3.04. The number of fused-ring (bicyclic) bond motifs is 1. The Morgan fingerprint density at radius 3 is 2.79 bits per heavy atom. The van der Waals surface area contributed by atoms with E-state index in [1.165, 1.54) is 17.0 Å². The highest BCUT2D eigenvalue weighted by molar-refractivity contribution is 7.98. The number of rotatable bonds is 6. The molecule has 0 bridgehead atoms. The van der Waals surface area contributed by atoms with E-state index in [9.17, 15) is 9.59 Å². The lowest BCUT2D eigenvalue weighted by Gasteiger charge is -2.12. The van der Waals surface area contributed by atoms with Gasteiger partial charge in [-0.1, -0.05) is 0 Å². The lowest BCUT2D eigenvalue weighted by Crippen LogP contribution is -2.25. The average molecular weight is 414 g/mol. The summed E-state index contributed by atoms with van der Waals surface area (Å²) in [5.41, 5.74) is 2.31. The second kappa shape index (κ2) is 8.97. The molecule has 9 heteroatoms. The van der Waals surface area contributed by atoms with Gasteiger partial charge in [0.15, 0.2) is 0 Å². The van der Waals surface area contributed by atoms with Crippen LogP contribution in [0.1, 0.15) is 16.7 Å². The van der Waals surface area contributed by atoms with E-state index in [4.69, 9.17) is 9.15 Å². The first-order valence-electron chi connectivity index (χ1n) is 8.88. The van der Waals surface area contributed by atoms with Crippen LogP contribution in [0.3, 0.4) is 0 Å². The molecule has 0 spiro atoms. The van der Waals surface area contributed by atoms with Crippen LogP contribution >= 0.6 is 12.1 Å². The van der Waals surface area contributed by atoms with Gasteiger partial charge in [-0.05, 0) is 49.4 Å². The van der Waals surface area contributed by atoms with Crippen LogP contribution in [0.4, 0.5) is 10.6 Å². The Morgan fingerprint density at radius 1 is 1.28 bits per heavy atom. The maximum atomic E-state index is 12.6. The highest BCUT2D eigenvalue weighted by atomic mass is 32.2. The van der Waals surface area contributed by atoms with E-state index in [0.717, 1.165) is 16.5 Å². The van der Waals surface area contributed by atoms with Gasteiger partial charge in [0.05, 0.1) is 0 Å². The van der Waals surface area contributed by atoms with Crippen molar-refractivity contribution < 1.29 is 13.9 Å². The van der Waals surface area contributed by atoms with Crippen molar-refractivity contribution >= 4 is 35.0 Å². The molecule has 3 rings (SSSR count). The van der Waals surface area contributed by atoms with Crippen LogP contribution in [0.5, 0.6) is 5.75 Å². The third-order valence-electron chi connectivity index (χ3n) is 4.29. The van der Waals surface area contributed by atoms with Gasteiger partial charge in [-0.25, -0.2) is 19.3 Å². The zero-order valence-corrected chi connectivity index (χ0v) is 17.4. The Balaban J connectivity index is 1.92. The largest absolute Gasteiger partial charge is 0.422 e. The number of aromatic nitrogens is 1. The minimum atomic E-state index is -0.501. The summed E-state index contributed by atoms with van der Waals surface area (Å²) in [6.45, 7) is 1.89. The Morgan fingerprint density at radius 2 is 2.07 bits per heavy atom. The van der Waals surface area contributed by atoms with Crippen LogP contribution in [0.25, 0.3) is 11.0 Å². The summed E-state index contributed by atoms with van der Waals surface area (Å²) in [6.07, 6.45) is 1.61. The van der Waals surface area contributed by atoms with Crippen molar-refractivity contribution in [1.29, 1.82) is 0 Å². The second-order valence-corrected chi connectivity index (χ2v) is 7.36. The van der Waals surface area contributed by atoms with Crippen molar-refractivity contribution in [2.45, 2.75) is 13.3 Å². The molecule has 0 radical (unpaired) electrons. The van der Waals surface area contributed by atoms with Crippen LogP contribution in [0, 0.1) is 6.92 Å². The molecule has 8 nitrogen and oxygen atoms in total. The van der Waals surface area contributed by atoms with Crippen LogP contribution in [-0.2, 0) is 6.42 Å². The maximum Gasteiger partial charge on any atom is 0.414 e. The third-order valence-corrected chi connectivity index (χ3v) is 4.81. The number of benzene rings is 1. The summed E-state index contributed by atoms with van der Waals surface area (Å²) < 4.78 is 16.7. The molecule has 2 N–H and O–H groups in total. The lowest BCUT2D eigenvalue weighted by molar-refractivity contribution is 0.172. The molecule has 0 aliphatic heterocycles. The number of carbonyl (C=O) groups is 1. The molecule has 0 aliphatic rings. The normalized spacial score (nSPS) is 10.8. The minimum Gasteiger partial charge on any atom is -0.422 e. The lowest BCUT2D eigenvalue weighted by atomic mass is 10.00. The second-order valence-electron chi connectivity index (χ2n) is 6.55. The van der Waals surface area contributed by atoms with Gasteiger partial charge in [0.1, 0.15) is 17.2 Å². The fourth-order valence-corrected chi connectivity index (χ4v) is 3.10. The number of hydrogen-bond donors (Lipinski definition) is 2. The highest BCUT2D eigenvalue weighted by Crippen LogP contribution is 2.26. The summed E-state index contributed by atoms with van der Waals surface area (Å²) in [5.74, 6) is 1.01. The Bertz CT molecular complexity index is 1100. The first-order valence-corrected chi connectivity index (χ1v) is 9.69. The molecule has 0 atom stereocenters. The molecule has 29 heavy (non-hydrogen) atoms. The molecule has 0 saturated carbocycles. The maximum absolute atomic E-state index is 12.6. The molecule has 0 unspecified atom stereocenters. The predicted octanol–water partition coefficient (Wildman–Crippen LogP) is 3.34. The number of pyridine rings is 1. The van der Waals surface area contributed by atoms with Gasteiger partial charge in [0, 0.05) is 55.9 Å². The van der Waals surface area contributed by atoms with Crippen LogP contribution in [-0.4, -0.2) is 37.1 Å². The smallest absolute Gasteiger partial charge is 0.414 e. The van der Waals surface area contributed by atoms with Gasteiger partial charge in [-0.2, -0.15) is 0 Å². The minimum absolute atomic E-state index is 0.318. The number of ether oxygens (including phenoxy) is 1. The van der Waals surface area contributed by atoms with E-state index in [0.29, 0.717) is 29.1 Å². The Labute approximate surface area is 172 Å². The van der Waals surface area contributed by atoms with Crippen molar-refractivity contribution in [2.75, 3.05) is 25.9 Å². The molecule has 3 aromatic rings. The predicted molar refractivity (Wildman–Crippen MR) is 114 cm³/mol. The van der Waals surface area contributed by atoms with Gasteiger partial charge in [0.2, 0.25) is 0 Å². The van der Waals surface area contributed by atoms with Crippen LogP contribution < -0.4 is 19.8 Å². The van der Waals surface area contributed by atoms with E-state index >= 15 is 0 Å². The van der Waals surface area contributed by atoms with Gasteiger partial charge in [-0.15, -0.1) is 0 Å². The summed E-state index contributed by atoms with van der Waals surface area (Å²) in [4.78, 5) is 29.9. The zero-order valence-electron chi connectivity index (χ0n) is 16.6. The van der Waals surface area contributed by atoms with Crippen molar-refractivity contribution in [3.63, 3.8) is 0 Å². The number of carbonyl (C=O) groups excluding carboxylic acids is 1. The molecule has 2 aromatic heterocycles. The van der Waals surface area contributed by atoms with Gasteiger partial charge < -0.3 is 18.8 Å². The van der Waals surface area contributed by atoms with Gasteiger partial charge in [0.25, 0.3) is 0 Å². The van der Waals surface area contributed by atoms with Gasteiger partial charge in [-0.3, -0.25) is 0 Å². The molecule has 0 fully saturated rings. The first kappa shape index (κ1) is 20.7. The summed E-state index contributed by atoms with van der Waals surface area (Å²) in [6, 6.07) is 8.78. The van der Waals surface area contributed by atoms with Crippen molar-refractivity contribution in [2.24, 2.45) is 0 Å². The quantitative estimate of drug-likeness (QED) is 0.468. The molecule has 2 heterocycles. The molecule has 1 aromatic carbocycles. The number of anilines is 1. The molecule has 152 valence electrons. The molecular formula is C20H22N4O4S. The van der Waals surface area contributed by atoms with Crippen molar-refractivity contribution in [1.82, 2.24) is 14.6 Å². The SMILES string of the molecule is CNSNc1cc(Cc2c(C)c3ccc(OC(=O)N(C)C)cc3oc2=O)ccn1. The zero-order chi connectivity index (χ0) is 21.0. The summed E-state index contributed by atoms with van der Waals surface area (Å²) >= 11 is 1.31. The van der Waals surface area contributed by atoms with Crippen molar-refractivity contribution in [3.05, 3.63) is 63.6 Å². The Kier molecular flexibility index (Phi) is 6.40. The van der Waals surface area contributed by atoms with Crippen molar-refractivity contribution in [3.8, 4) is 5.75 Å². The standard InChI is InChI=1S/C20H22N4O4S/c1-12-15-6-5-14(27-20(26)24(3)4)11-17(15)28-19(25)16(12)9-13-7-8-22-18(10-13)23-29-21-2/h5-8,10-11,21H,9H2,1-4H3,(H,22,23). The highest BCUT2D eigenvalue weighted by Gasteiger charge is 2.14. The molecule has 0 saturated heterocycles. The number of nitrogens with one attached hydrogen (secondary N) is 2. The number of amides is 1. The first-order chi connectivity index (χ1) is 13.9. The summed E-state index contributed by atoms with van der Waals surface area (Å²) in [5, 5.41) is 0.794. The number of hydrogen-bond acceptors (Lipinski definition) is 8. The number of aryl methyl sites for hydroxylation is 1. The third kappa shape index (κ3) is 4.87. The van der Waals surface area contributed by atoms with Crippen LogP contribution in [0.15, 0.2) is 45.7 Å². The van der Waals surface area contributed by atoms with E-state index in [1.807, 2.05) is 19.1 Å². The molecule has 0 aliphatic carbocycles. The monoisotopic (exact) mass is 414 g/mol. The fraction of sp³-hybridized carbons (Fsp3) is 0.250. The topological polar surface area (TPSA) is 96.7 Å². The summed E-state index contributed by atoms with van der Waals surface area (Å²) in [7, 11) is 4.99. The fourth-order valence-electron chi connectivity index (χ4n) is 2.78.